The lowest BCUT2D eigenvalue weighted by Crippen LogP contribution is -2.16. The molecule has 0 saturated heterocycles. The normalized spacial score (nSPS) is 30.3. The van der Waals surface area contributed by atoms with E-state index in [4.69, 9.17) is 0 Å². The summed E-state index contributed by atoms with van der Waals surface area (Å²) in [4.78, 5) is 13.8. The van der Waals surface area contributed by atoms with Crippen molar-refractivity contribution in [1.29, 1.82) is 0 Å². The third-order valence-corrected chi connectivity index (χ3v) is 2.94. The number of hydrogen-bond acceptors (Lipinski definition) is 2. The van der Waals surface area contributed by atoms with E-state index >= 15 is 0 Å². The van der Waals surface area contributed by atoms with Gasteiger partial charge >= 0.3 is 0 Å². The minimum atomic E-state index is -0.754. The van der Waals surface area contributed by atoms with E-state index in [1.165, 1.54) is 6.07 Å². The number of rotatable bonds is 3. The van der Waals surface area contributed by atoms with Crippen molar-refractivity contribution in [3.63, 3.8) is 0 Å². The lowest BCUT2D eigenvalue weighted by Gasteiger charge is -2.09. The molecule has 0 amide bonds. The summed E-state index contributed by atoms with van der Waals surface area (Å²) in [6.45, 7) is 2.10. The van der Waals surface area contributed by atoms with Crippen LogP contribution in [-0.2, 0) is 5.60 Å². The summed E-state index contributed by atoms with van der Waals surface area (Å²) < 4.78 is 0. The van der Waals surface area contributed by atoms with Gasteiger partial charge in [-0.2, -0.15) is 0 Å². The van der Waals surface area contributed by atoms with Crippen LogP contribution in [0.2, 0.25) is 0 Å². The predicted octanol–water partition coefficient (Wildman–Crippen LogP) is 1.38. The fourth-order valence-electron chi connectivity index (χ4n) is 2.04. The lowest BCUT2D eigenvalue weighted by atomic mass is 10.1. The third-order valence-electron chi connectivity index (χ3n) is 2.94. The summed E-state index contributed by atoms with van der Waals surface area (Å²) in [5, 5.41) is 10.1. The van der Waals surface area contributed by atoms with Crippen molar-refractivity contribution in [2.45, 2.75) is 31.8 Å². The zero-order valence-electron chi connectivity index (χ0n) is 8.29. The molecular weight excluding hydrogens is 178 g/mol. The number of H-pyrrole nitrogens is 1. The van der Waals surface area contributed by atoms with Crippen LogP contribution < -0.4 is 5.56 Å². The van der Waals surface area contributed by atoms with E-state index in [1.54, 1.807) is 12.1 Å². The molecular formula is C11H15NO2. The molecule has 1 saturated carbocycles. The van der Waals surface area contributed by atoms with Crippen molar-refractivity contribution < 1.29 is 5.11 Å². The Morgan fingerprint density at radius 2 is 2.43 bits per heavy atom. The maximum absolute atomic E-state index is 11.1. The molecule has 0 aliphatic heterocycles. The van der Waals surface area contributed by atoms with Gasteiger partial charge in [-0.1, -0.05) is 19.4 Å². The van der Waals surface area contributed by atoms with E-state index in [0.29, 0.717) is 11.6 Å². The van der Waals surface area contributed by atoms with Gasteiger partial charge in [0.15, 0.2) is 0 Å². The fourth-order valence-corrected chi connectivity index (χ4v) is 2.04. The number of hydrogen-bond donors (Lipinski definition) is 2. The molecule has 2 rings (SSSR count). The second kappa shape index (κ2) is 3.24. The molecule has 2 unspecified atom stereocenters. The molecule has 0 bridgehead atoms. The van der Waals surface area contributed by atoms with Crippen molar-refractivity contribution in [2.75, 3.05) is 0 Å². The Morgan fingerprint density at radius 3 is 3.07 bits per heavy atom. The van der Waals surface area contributed by atoms with E-state index in [-0.39, 0.29) is 5.56 Å². The highest BCUT2D eigenvalue weighted by molar-refractivity contribution is 5.22. The Morgan fingerprint density at radius 1 is 1.64 bits per heavy atom. The van der Waals surface area contributed by atoms with Crippen LogP contribution in [0.1, 0.15) is 31.9 Å². The highest BCUT2D eigenvalue weighted by Gasteiger charge is 2.53. The molecule has 3 nitrogen and oxygen atoms in total. The largest absolute Gasteiger partial charge is 0.383 e. The van der Waals surface area contributed by atoms with Gasteiger partial charge in [-0.15, -0.1) is 0 Å². The highest BCUT2D eigenvalue weighted by atomic mass is 16.3. The number of aliphatic hydroxyl groups is 1. The monoisotopic (exact) mass is 193 g/mol. The van der Waals surface area contributed by atoms with Crippen LogP contribution in [0, 0.1) is 5.92 Å². The van der Waals surface area contributed by atoms with Gasteiger partial charge in [-0.3, -0.25) is 4.79 Å². The van der Waals surface area contributed by atoms with Gasteiger partial charge in [0.2, 0.25) is 5.56 Å². The molecule has 0 aromatic carbocycles. The summed E-state index contributed by atoms with van der Waals surface area (Å²) in [5.74, 6) is 0.325. The second-order valence-electron chi connectivity index (χ2n) is 4.04. The number of aromatic nitrogens is 1. The van der Waals surface area contributed by atoms with Gasteiger partial charge in [0.25, 0.3) is 0 Å². The van der Waals surface area contributed by atoms with Crippen LogP contribution in [0.25, 0.3) is 0 Å². The standard InChI is InChI=1S/C11H15NO2/c1-2-4-8-7-11(8,14)9-5-3-6-10(13)12-9/h3,5-6,8,14H,2,4,7H2,1H3,(H,12,13). The molecule has 1 aromatic heterocycles. The van der Waals surface area contributed by atoms with E-state index in [2.05, 4.69) is 11.9 Å². The topological polar surface area (TPSA) is 53.1 Å². The van der Waals surface area contributed by atoms with Gasteiger partial charge in [0.05, 0.1) is 5.69 Å². The molecule has 3 heteroatoms. The quantitative estimate of drug-likeness (QED) is 0.762. The molecule has 76 valence electrons. The number of pyridine rings is 1. The maximum Gasteiger partial charge on any atom is 0.248 e. The van der Waals surface area contributed by atoms with Gasteiger partial charge in [0.1, 0.15) is 5.60 Å². The molecule has 2 atom stereocenters. The summed E-state index contributed by atoms with van der Waals surface area (Å²) in [5.41, 5.74) is -0.224. The Labute approximate surface area is 82.8 Å². The van der Waals surface area contributed by atoms with Crippen LogP contribution in [0.4, 0.5) is 0 Å². The Kier molecular flexibility index (Phi) is 2.19. The van der Waals surface area contributed by atoms with Crippen molar-refractivity contribution in [3.05, 3.63) is 34.2 Å². The van der Waals surface area contributed by atoms with Gasteiger partial charge in [0, 0.05) is 6.07 Å². The second-order valence-corrected chi connectivity index (χ2v) is 4.04. The average Bonchev–Trinajstić information content (AvgIpc) is 2.79. The first-order valence-corrected chi connectivity index (χ1v) is 5.09. The van der Waals surface area contributed by atoms with Crippen molar-refractivity contribution >= 4 is 0 Å². The maximum atomic E-state index is 11.1. The molecule has 0 spiro atoms. The van der Waals surface area contributed by atoms with Crippen LogP contribution >= 0.6 is 0 Å². The number of nitrogens with one attached hydrogen (secondary N) is 1. The lowest BCUT2D eigenvalue weighted by molar-refractivity contribution is 0.124. The minimum absolute atomic E-state index is 0.141. The highest BCUT2D eigenvalue weighted by Crippen LogP contribution is 2.53. The first kappa shape index (κ1) is 9.46. The van der Waals surface area contributed by atoms with E-state index in [0.717, 1.165) is 19.3 Å². The number of aromatic amines is 1. The predicted molar refractivity (Wildman–Crippen MR) is 54.0 cm³/mol. The molecule has 1 aromatic rings. The SMILES string of the molecule is CCCC1CC1(O)c1cccc(=O)[nH]1. The van der Waals surface area contributed by atoms with E-state index in [1.807, 2.05) is 0 Å². The summed E-state index contributed by atoms with van der Waals surface area (Å²) >= 11 is 0. The molecule has 2 N–H and O–H groups in total. The van der Waals surface area contributed by atoms with Crippen LogP contribution in [-0.4, -0.2) is 10.1 Å². The molecule has 1 aliphatic carbocycles. The smallest absolute Gasteiger partial charge is 0.248 e. The average molecular weight is 193 g/mol. The van der Waals surface area contributed by atoms with E-state index in [9.17, 15) is 9.90 Å². The fraction of sp³-hybridized carbons (Fsp3) is 0.545. The molecule has 0 radical (unpaired) electrons. The Hall–Kier alpha value is -1.09. The minimum Gasteiger partial charge on any atom is -0.383 e. The zero-order valence-corrected chi connectivity index (χ0v) is 8.29. The van der Waals surface area contributed by atoms with Crippen molar-refractivity contribution in [2.24, 2.45) is 5.92 Å². The Balaban J connectivity index is 2.21. The van der Waals surface area contributed by atoms with Gasteiger partial charge in [-0.05, 0) is 24.8 Å². The van der Waals surface area contributed by atoms with E-state index < -0.39 is 5.60 Å². The summed E-state index contributed by atoms with van der Waals surface area (Å²) in [7, 11) is 0. The van der Waals surface area contributed by atoms with Crippen LogP contribution in [0.3, 0.4) is 0 Å². The molecule has 14 heavy (non-hydrogen) atoms. The Bertz CT molecular complexity index is 385. The first-order chi connectivity index (χ1) is 6.66. The third kappa shape index (κ3) is 1.48. The van der Waals surface area contributed by atoms with Crippen molar-refractivity contribution in [1.82, 2.24) is 4.98 Å². The molecule has 1 aliphatic rings. The zero-order chi connectivity index (χ0) is 10.2. The summed E-state index contributed by atoms with van der Waals surface area (Å²) in [6, 6.07) is 4.94. The molecule has 1 fully saturated rings. The van der Waals surface area contributed by atoms with Crippen LogP contribution in [0.5, 0.6) is 0 Å². The van der Waals surface area contributed by atoms with Gasteiger partial charge < -0.3 is 10.1 Å². The van der Waals surface area contributed by atoms with Crippen molar-refractivity contribution in [3.8, 4) is 0 Å². The van der Waals surface area contributed by atoms with Gasteiger partial charge in [-0.25, -0.2) is 0 Å². The molecule has 1 heterocycles. The first-order valence-electron chi connectivity index (χ1n) is 5.09. The summed E-state index contributed by atoms with van der Waals surface area (Å²) in [6.07, 6.45) is 2.87. The van der Waals surface area contributed by atoms with Crippen LogP contribution in [0.15, 0.2) is 23.0 Å².